The molecule has 2 aliphatic rings. The Kier molecular flexibility index (Phi) is 26.9. The molecule has 0 aromatic heterocycles. The van der Waals surface area contributed by atoms with Crippen LogP contribution in [0.1, 0.15) is 13.8 Å². The van der Waals surface area contributed by atoms with Gasteiger partial charge in [0, 0.05) is 20.2 Å². The van der Waals surface area contributed by atoms with Crippen LogP contribution in [0.2, 0.25) is 0 Å². The molecule has 2 fully saturated rings. The number of hydrogen-bond donors (Lipinski definition) is 0. The van der Waals surface area contributed by atoms with Gasteiger partial charge in [0.25, 0.3) is 0 Å². The summed E-state index contributed by atoms with van der Waals surface area (Å²) in [7, 11) is 3.60. The van der Waals surface area contributed by atoms with Gasteiger partial charge in [-0.2, -0.15) is 0 Å². The molecular weight excluding hydrogens is 314 g/mol. The van der Waals surface area contributed by atoms with E-state index in [1.165, 1.54) is 0 Å². The lowest BCUT2D eigenvalue weighted by Gasteiger charge is -2.12. The van der Waals surface area contributed by atoms with Crippen LogP contribution in [0.25, 0.3) is 0 Å². The first-order valence-corrected chi connectivity index (χ1v) is 8.73. The van der Waals surface area contributed by atoms with E-state index in [2.05, 4.69) is 24.2 Å². The fraction of sp³-hybridized carbons (Fsp3) is 0.625. The normalized spacial score (nSPS) is 20.0. The van der Waals surface area contributed by atoms with E-state index >= 15 is 0 Å². The van der Waals surface area contributed by atoms with Crippen LogP contribution in [0.5, 0.6) is 0 Å². The summed E-state index contributed by atoms with van der Waals surface area (Å²) in [5.41, 5.74) is 2.10. The van der Waals surface area contributed by atoms with Crippen molar-refractivity contribution in [1.82, 2.24) is 4.90 Å². The van der Waals surface area contributed by atoms with Gasteiger partial charge >= 0.3 is 0 Å². The predicted molar refractivity (Wildman–Crippen MR) is 97.5 cm³/mol. The van der Waals surface area contributed by atoms with Crippen molar-refractivity contribution >= 4 is 23.3 Å². The minimum atomic E-state index is -0.259. The van der Waals surface area contributed by atoms with Gasteiger partial charge in [0.05, 0.1) is 25.4 Å². The number of hydrogen-bond acceptors (Lipinski definition) is 6. The number of ether oxygens (including phenoxy) is 2. The van der Waals surface area contributed by atoms with Crippen LogP contribution in [0, 0.1) is 0 Å². The van der Waals surface area contributed by atoms with E-state index in [1.54, 1.807) is 13.2 Å². The first-order valence-electron chi connectivity index (χ1n) is 7.34. The fourth-order valence-corrected chi connectivity index (χ4v) is 1.69. The van der Waals surface area contributed by atoms with Crippen LogP contribution in [0.15, 0.2) is 24.4 Å². The Morgan fingerprint density at radius 1 is 1.13 bits per heavy atom. The van der Waals surface area contributed by atoms with Crippen LogP contribution in [0.3, 0.4) is 0 Å². The van der Waals surface area contributed by atoms with Crippen molar-refractivity contribution in [3.8, 4) is 0 Å². The summed E-state index contributed by atoms with van der Waals surface area (Å²) in [6.07, 6.45) is 4.81. The highest BCUT2D eigenvalue weighted by Crippen LogP contribution is 2.13. The first-order chi connectivity index (χ1) is 11.2. The molecule has 2 saturated heterocycles. The summed E-state index contributed by atoms with van der Waals surface area (Å²) in [5.74, 6) is 0. The Morgan fingerprint density at radius 3 is 1.65 bits per heavy atom. The van der Waals surface area contributed by atoms with E-state index in [1.807, 2.05) is 33.5 Å². The molecule has 2 atom stereocenters. The van der Waals surface area contributed by atoms with Gasteiger partial charge in [-0.05, 0) is 20.9 Å². The summed E-state index contributed by atoms with van der Waals surface area (Å²) >= 11 is 0. The van der Waals surface area contributed by atoms with Gasteiger partial charge in [0.2, 0.25) is 0 Å². The molecule has 2 aliphatic heterocycles. The van der Waals surface area contributed by atoms with Gasteiger partial charge in [-0.15, -0.1) is 6.58 Å². The maximum absolute atomic E-state index is 8.00. The van der Waals surface area contributed by atoms with Crippen molar-refractivity contribution < 1.29 is 23.5 Å². The van der Waals surface area contributed by atoms with Gasteiger partial charge in [-0.3, -0.25) is 0 Å². The third kappa shape index (κ3) is 29.5. The van der Waals surface area contributed by atoms with E-state index in [4.69, 9.17) is 23.5 Å². The number of allylic oxidation sites excluding steroid dienone is 2. The fourth-order valence-electron chi connectivity index (χ4n) is 1.31. The van der Waals surface area contributed by atoms with Crippen LogP contribution < -0.4 is 0 Å². The molecule has 0 N–H and O–H groups in total. The molecule has 0 aliphatic carbocycles. The summed E-state index contributed by atoms with van der Waals surface area (Å²) in [5, 5.41) is 0. The maximum atomic E-state index is 8.00. The van der Waals surface area contributed by atoms with Gasteiger partial charge in [0.1, 0.15) is 13.6 Å². The third-order valence-corrected chi connectivity index (χ3v) is 3.33. The average molecular weight is 348 g/mol. The Hall–Kier alpha value is -1.12. The molecule has 0 aromatic rings. The number of carbonyl (C=O) groups is 2. The molecule has 7 heteroatoms. The molecule has 0 bridgehead atoms. The van der Waals surface area contributed by atoms with Crippen molar-refractivity contribution in [2.45, 2.75) is 26.1 Å². The molecular formula is C16H33NO5Si. The number of epoxide rings is 2. The van der Waals surface area contributed by atoms with E-state index in [0.717, 1.165) is 26.3 Å². The maximum Gasteiger partial charge on any atom is 0.184 e. The van der Waals surface area contributed by atoms with Gasteiger partial charge in [-0.25, -0.2) is 0 Å². The highest BCUT2D eigenvalue weighted by atomic mass is 28.2. The minimum Gasteiger partial charge on any atom is -0.422 e. The molecule has 0 spiro atoms. The van der Waals surface area contributed by atoms with E-state index < -0.39 is 0 Å². The minimum absolute atomic E-state index is 0.259. The van der Waals surface area contributed by atoms with Crippen LogP contribution >= 0.6 is 0 Å². The lowest BCUT2D eigenvalue weighted by molar-refractivity contribution is -0.0987. The largest absolute Gasteiger partial charge is 0.422 e. The molecule has 23 heavy (non-hydrogen) atoms. The zero-order valence-electron chi connectivity index (χ0n) is 15.0. The lowest BCUT2D eigenvalue weighted by Crippen LogP contribution is -2.27. The Morgan fingerprint density at radius 2 is 1.48 bits per heavy atom. The van der Waals surface area contributed by atoms with Crippen molar-refractivity contribution in [1.29, 1.82) is 0 Å². The van der Waals surface area contributed by atoms with E-state index in [9.17, 15) is 0 Å². The van der Waals surface area contributed by atoms with E-state index in [0.29, 0.717) is 12.2 Å². The third-order valence-electron chi connectivity index (χ3n) is 2.33. The topological polar surface area (TPSA) is 71.7 Å². The number of likely N-dealkylation sites (N-methyl/N-ethyl adjacent to an activating group) is 1. The second kappa shape index (κ2) is 23.1. The van der Waals surface area contributed by atoms with Gasteiger partial charge < -0.3 is 28.4 Å². The average Bonchev–Trinajstić information content (AvgIpc) is 3.48. The SMILES string of the molecule is C/C=C/[SiH2]OC.C=CC.C=O.C=O.CN(CC1CO1)CC1CO1. The smallest absolute Gasteiger partial charge is 0.184 e. The van der Waals surface area contributed by atoms with Crippen LogP contribution in [-0.4, -0.2) is 80.9 Å². The molecule has 136 valence electrons. The van der Waals surface area contributed by atoms with Crippen molar-refractivity contribution in [2.75, 3.05) is 40.5 Å². The summed E-state index contributed by atoms with van der Waals surface area (Å²) < 4.78 is 15.0. The Bertz CT molecular complexity index is 255. The van der Waals surface area contributed by atoms with Crippen LogP contribution in [0.4, 0.5) is 0 Å². The monoisotopic (exact) mass is 347 g/mol. The molecule has 0 radical (unpaired) electrons. The van der Waals surface area contributed by atoms with Gasteiger partial charge in [0.15, 0.2) is 9.76 Å². The lowest BCUT2D eigenvalue weighted by atomic mass is 10.4. The summed E-state index contributed by atoms with van der Waals surface area (Å²) in [4.78, 5) is 18.3. The number of nitrogens with zero attached hydrogens (tertiary/aromatic N) is 1. The zero-order chi connectivity index (χ0) is 18.5. The molecule has 6 nitrogen and oxygen atoms in total. The van der Waals surface area contributed by atoms with Crippen LogP contribution in [-0.2, 0) is 23.5 Å². The Balaban J connectivity index is -0.000000267. The summed E-state index contributed by atoms with van der Waals surface area (Å²) in [6.45, 7) is 15.3. The molecule has 0 saturated carbocycles. The second-order valence-electron chi connectivity index (χ2n) is 4.56. The van der Waals surface area contributed by atoms with Crippen molar-refractivity contribution in [2.24, 2.45) is 0 Å². The van der Waals surface area contributed by atoms with E-state index in [-0.39, 0.29) is 9.76 Å². The number of rotatable bonds is 6. The predicted octanol–water partition coefficient (Wildman–Crippen LogP) is 0.789. The standard InChI is InChI=1S/C7H13NO2.C4H10OSi.C3H6.2CH2O/c1-8(2-6-4-9-6)3-7-5-10-7;1-3-4-6-5-2;1-3-2;2*1-2/h6-7H,2-5H2,1H3;3-4H,6H2,1-2H3;3H,1H2,2H3;2*1H2/b;4-3+;;;. The summed E-state index contributed by atoms with van der Waals surface area (Å²) in [6, 6.07) is 0. The molecule has 2 unspecified atom stereocenters. The zero-order valence-corrected chi connectivity index (χ0v) is 16.4. The second-order valence-corrected chi connectivity index (χ2v) is 5.95. The molecule has 2 rings (SSSR count). The molecule has 0 aromatic carbocycles. The molecule has 2 heterocycles. The van der Waals surface area contributed by atoms with Crippen molar-refractivity contribution in [3.05, 3.63) is 24.4 Å². The van der Waals surface area contributed by atoms with Gasteiger partial charge in [-0.1, -0.05) is 17.9 Å². The Labute approximate surface area is 143 Å². The molecule has 0 amide bonds. The quantitative estimate of drug-likeness (QED) is 0.402. The highest BCUT2D eigenvalue weighted by Gasteiger charge is 2.28. The first kappa shape index (κ1) is 26.8. The highest BCUT2D eigenvalue weighted by molar-refractivity contribution is 6.34. The van der Waals surface area contributed by atoms with Crippen molar-refractivity contribution in [3.63, 3.8) is 0 Å². The number of carbonyl (C=O) groups excluding carboxylic acids is 2.